The van der Waals surface area contributed by atoms with Crippen molar-refractivity contribution in [3.8, 4) is 5.75 Å². The molecule has 1 heterocycles. The third-order valence-electron chi connectivity index (χ3n) is 4.62. The minimum absolute atomic E-state index is 0.127. The fraction of sp³-hybridized carbons (Fsp3) is 0.316. The number of halogens is 1. The van der Waals surface area contributed by atoms with Gasteiger partial charge in [0.2, 0.25) is 15.8 Å². The molecule has 1 amide bonds. The van der Waals surface area contributed by atoms with Crippen molar-refractivity contribution in [2.24, 2.45) is 0 Å². The first-order valence-corrected chi connectivity index (χ1v) is 10.6. The number of amides is 1. The van der Waals surface area contributed by atoms with Gasteiger partial charge in [0, 0.05) is 30.9 Å². The molecule has 0 aromatic heterocycles. The summed E-state index contributed by atoms with van der Waals surface area (Å²) in [5.74, 6) is -1.74. The Labute approximate surface area is 172 Å². The van der Waals surface area contributed by atoms with Crippen LogP contribution in [0, 0.1) is 15.9 Å². The van der Waals surface area contributed by atoms with Crippen molar-refractivity contribution in [1.29, 1.82) is 0 Å². The summed E-state index contributed by atoms with van der Waals surface area (Å²) in [5.41, 5.74) is -0.142. The van der Waals surface area contributed by atoms with E-state index in [0.29, 0.717) is 18.8 Å². The number of ether oxygens (including phenoxy) is 1. The van der Waals surface area contributed by atoms with E-state index < -0.39 is 38.5 Å². The quantitative estimate of drug-likeness (QED) is 0.525. The lowest BCUT2D eigenvalue weighted by molar-refractivity contribution is -0.386. The van der Waals surface area contributed by atoms with Gasteiger partial charge in [-0.3, -0.25) is 14.9 Å². The lowest BCUT2D eigenvalue weighted by Gasteiger charge is -2.17. The number of hydrogen-bond acceptors (Lipinski definition) is 6. The van der Waals surface area contributed by atoms with Crippen LogP contribution in [-0.2, 0) is 14.8 Å². The van der Waals surface area contributed by atoms with Crippen molar-refractivity contribution >= 4 is 27.3 Å². The molecule has 0 unspecified atom stereocenters. The Balaban J connectivity index is 1.67. The van der Waals surface area contributed by atoms with Gasteiger partial charge in [0.1, 0.15) is 5.82 Å². The van der Waals surface area contributed by atoms with Crippen LogP contribution in [0.25, 0.3) is 0 Å². The molecule has 1 atom stereocenters. The molecule has 9 nitrogen and oxygen atoms in total. The topological polar surface area (TPSA) is 119 Å². The van der Waals surface area contributed by atoms with Crippen LogP contribution < -0.4 is 10.1 Å². The van der Waals surface area contributed by atoms with Gasteiger partial charge in [-0.1, -0.05) is 0 Å². The zero-order valence-corrected chi connectivity index (χ0v) is 16.9. The van der Waals surface area contributed by atoms with Crippen LogP contribution >= 0.6 is 0 Å². The number of nitrogens with one attached hydrogen (secondary N) is 1. The Morgan fingerprint density at radius 3 is 2.43 bits per heavy atom. The normalized spacial score (nSPS) is 15.5. The highest BCUT2D eigenvalue weighted by Crippen LogP contribution is 2.28. The smallest absolute Gasteiger partial charge is 0.311 e. The molecule has 160 valence electrons. The highest BCUT2D eigenvalue weighted by atomic mass is 32.2. The Morgan fingerprint density at radius 2 is 1.83 bits per heavy atom. The highest BCUT2D eigenvalue weighted by Gasteiger charge is 2.27. The lowest BCUT2D eigenvalue weighted by Crippen LogP contribution is -2.30. The standard InChI is InChI=1S/C19H20FN3O6S/c1-13(29-18-12-14(20)4-9-17(18)23(25)26)19(24)21-15-5-7-16(8-6-15)30(27,28)22-10-2-3-11-22/h4-9,12-13H,2-3,10-11H2,1H3,(H,21,24)/t13-/m1/s1. The molecule has 1 fully saturated rings. The number of nitrogens with zero attached hydrogens (tertiary/aromatic N) is 2. The molecule has 11 heteroatoms. The Hall–Kier alpha value is -3.05. The fourth-order valence-corrected chi connectivity index (χ4v) is 4.53. The van der Waals surface area contributed by atoms with Crippen LogP contribution in [-0.4, -0.2) is 42.7 Å². The second-order valence-corrected chi connectivity index (χ2v) is 8.69. The fourth-order valence-electron chi connectivity index (χ4n) is 3.01. The Morgan fingerprint density at radius 1 is 1.20 bits per heavy atom. The van der Waals surface area contributed by atoms with Crippen LogP contribution in [0.1, 0.15) is 19.8 Å². The number of carbonyl (C=O) groups is 1. The van der Waals surface area contributed by atoms with Crippen molar-refractivity contribution in [3.63, 3.8) is 0 Å². The molecular weight excluding hydrogens is 417 g/mol. The maximum atomic E-state index is 13.4. The van der Waals surface area contributed by atoms with Crippen molar-refractivity contribution in [3.05, 3.63) is 58.4 Å². The van der Waals surface area contributed by atoms with Gasteiger partial charge in [0.25, 0.3) is 5.91 Å². The number of nitro benzene ring substituents is 1. The van der Waals surface area contributed by atoms with E-state index in [1.165, 1.54) is 35.5 Å². The van der Waals surface area contributed by atoms with Gasteiger partial charge in [0.15, 0.2) is 6.10 Å². The molecule has 0 saturated carbocycles. The first-order chi connectivity index (χ1) is 14.2. The molecule has 1 saturated heterocycles. The van der Waals surface area contributed by atoms with Crippen molar-refractivity contribution in [2.75, 3.05) is 18.4 Å². The van der Waals surface area contributed by atoms with E-state index in [9.17, 15) is 27.7 Å². The van der Waals surface area contributed by atoms with Gasteiger partial charge >= 0.3 is 5.69 Å². The molecule has 1 aliphatic rings. The SMILES string of the molecule is C[C@@H](Oc1cc(F)ccc1[N+](=O)[O-])C(=O)Nc1ccc(S(=O)(=O)N2CCCC2)cc1. The average molecular weight is 437 g/mol. The van der Waals surface area contributed by atoms with E-state index in [-0.39, 0.29) is 10.6 Å². The Kier molecular flexibility index (Phi) is 6.32. The number of nitro groups is 1. The summed E-state index contributed by atoms with van der Waals surface area (Å²) in [6, 6.07) is 8.39. The maximum absolute atomic E-state index is 13.4. The zero-order valence-electron chi connectivity index (χ0n) is 16.1. The monoisotopic (exact) mass is 437 g/mol. The summed E-state index contributed by atoms with van der Waals surface area (Å²) in [6.07, 6.45) is 0.488. The summed E-state index contributed by atoms with van der Waals surface area (Å²) in [7, 11) is -3.56. The van der Waals surface area contributed by atoms with E-state index in [1.807, 2.05) is 0 Å². The van der Waals surface area contributed by atoms with Crippen LogP contribution in [0.2, 0.25) is 0 Å². The molecule has 3 rings (SSSR count). The van der Waals surface area contributed by atoms with E-state index in [2.05, 4.69) is 5.32 Å². The molecule has 0 aliphatic carbocycles. The molecule has 0 spiro atoms. The third-order valence-corrected chi connectivity index (χ3v) is 6.53. The molecule has 1 aliphatic heterocycles. The van der Waals surface area contributed by atoms with Crippen molar-refractivity contribution in [2.45, 2.75) is 30.8 Å². The lowest BCUT2D eigenvalue weighted by atomic mass is 10.2. The van der Waals surface area contributed by atoms with Crippen LogP contribution in [0.15, 0.2) is 47.4 Å². The van der Waals surface area contributed by atoms with Crippen molar-refractivity contribution < 1.29 is 27.3 Å². The number of benzene rings is 2. The molecule has 2 aromatic carbocycles. The minimum Gasteiger partial charge on any atom is -0.474 e. The first kappa shape index (κ1) is 21.7. The second-order valence-electron chi connectivity index (χ2n) is 6.75. The van der Waals surface area contributed by atoms with Gasteiger partial charge in [-0.05, 0) is 50.1 Å². The maximum Gasteiger partial charge on any atom is 0.311 e. The summed E-state index contributed by atoms with van der Waals surface area (Å²) in [6.45, 7) is 2.33. The molecule has 0 radical (unpaired) electrons. The van der Waals surface area contributed by atoms with Crippen LogP contribution in [0.3, 0.4) is 0 Å². The first-order valence-electron chi connectivity index (χ1n) is 9.20. The van der Waals surface area contributed by atoms with Gasteiger partial charge < -0.3 is 10.1 Å². The van der Waals surface area contributed by atoms with Crippen LogP contribution in [0.4, 0.5) is 15.8 Å². The second kappa shape index (κ2) is 8.76. The molecule has 2 aromatic rings. The predicted octanol–water partition coefficient (Wildman–Crippen LogP) is 2.92. The van der Waals surface area contributed by atoms with Gasteiger partial charge in [-0.2, -0.15) is 4.31 Å². The molecule has 1 N–H and O–H groups in total. The summed E-state index contributed by atoms with van der Waals surface area (Å²) in [5, 5.41) is 13.6. The van der Waals surface area contributed by atoms with Gasteiger partial charge in [0.05, 0.1) is 9.82 Å². The van der Waals surface area contributed by atoms with E-state index in [0.717, 1.165) is 31.0 Å². The predicted molar refractivity (Wildman–Crippen MR) is 106 cm³/mol. The number of hydrogen-bond donors (Lipinski definition) is 1. The Bertz CT molecular complexity index is 1050. The third kappa shape index (κ3) is 4.74. The zero-order chi connectivity index (χ0) is 21.9. The molecular formula is C19H20FN3O6S. The largest absolute Gasteiger partial charge is 0.474 e. The summed E-state index contributed by atoms with van der Waals surface area (Å²) >= 11 is 0. The average Bonchev–Trinajstić information content (AvgIpc) is 3.24. The summed E-state index contributed by atoms with van der Waals surface area (Å²) in [4.78, 5) is 22.8. The van der Waals surface area contributed by atoms with E-state index >= 15 is 0 Å². The van der Waals surface area contributed by atoms with Gasteiger partial charge in [-0.15, -0.1) is 0 Å². The number of carbonyl (C=O) groups excluding carboxylic acids is 1. The number of sulfonamides is 1. The van der Waals surface area contributed by atoms with E-state index in [1.54, 1.807) is 0 Å². The molecule has 30 heavy (non-hydrogen) atoms. The van der Waals surface area contributed by atoms with Crippen molar-refractivity contribution in [1.82, 2.24) is 4.31 Å². The highest BCUT2D eigenvalue weighted by molar-refractivity contribution is 7.89. The molecule has 0 bridgehead atoms. The number of rotatable bonds is 7. The van der Waals surface area contributed by atoms with E-state index in [4.69, 9.17) is 4.74 Å². The van der Waals surface area contributed by atoms with Crippen LogP contribution in [0.5, 0.6) is 5.75 Å². The number of anilines is 1. The van der Waals surface area contributed by atoms with Gasteiger partial charge in [-0.25, -0.2) is 12.8 Å². The minimum atomic E-state index is -3.56. The summed E-state index contributed by atoms with van der Waals surface area (Å²) < 4.78 is 45.1.